The third-order valence-corrected chi connectivity index (χ3v) is 2.43. The molecule has 0 saturated carbocycles. The average Bonchev–Trinajstić information content (AvgIpc) is 2.74. The molecule has 1 aromatic heterocycles. The van der Waals surface area contributed by atoms with Gasteiger partial charge < -0.3 is 0 Å². The van der Waals surface area contributed by atoms with E-state index in [1.165, 1.54) is 0 Å². The molecule has 80 valence electrons. The van der Waals surface area contributed by atoms with Crippen molar-refractivity contribution in [1.82, 2.24) is 15.0 Å². The molecule has 0 spiro atoms. The van der Waals surface area contributed by atoms with Gasteiger partial charge in [-0.15, -0.1) is 5.10 Å². The lowest BCUT2D eigenvalue weighted by atomic mass is 10.2. The zero-order chi connectivity index (χ0) is 11.5. The van der Waals surface area contributed by atoms with Crippen LogP contribution in [0.25, 0.3) is 16.7 Å². The molecule has 0 N–H and O–H groups in total. The van der Waals surface area contributed by atoms with Crippen molar-refractivity contribution >= 4 is 16.7 Å². The van der Waals surface area contributed by atoms with Gasteiger partial charge in [-0.05, 0) is 24.6 Å². The van der Waals surface area contributed by atoms with E-state index in [1.807, 2.05) is 37.3 Å². The second-order valence-electron chi connectivity index (χ2n) is 3.39. The fourth-order valence-corrected chi connectivity index (χ4v) is 1.60. The Hall–Kier alpha value is -2.16. The third-order valence-electron chi connectivity index (χ3n) is 2.43. The van der Waals surface area contributed by atoms with Gasteiger partial charge in [0.25, 0.3) is 0 Å². The Morgan fingerprint density at radius 1 is 1.38 bits per heavy atom. The number of fused-ring (bicyclic) bond motifs is 1. The Morgan fingerprint density at radius 3 is 2.81 bits per heavy atom. The molecule has 3 nitrogen and oxygen atoms in total. The number of benzene rings is 1. The van der Waals surface area contributed by atoms with Gasteiger partial charge in [-0.25, -0.2) is 4.68 Å². The Morgan fingerprint density at radius 2 is 2.12 bits per heavy atom. The van der Waals surface area contributed by atoms with Gasteiger partial charge in [0.15, 0.2) is 0 Å². The van der Waals surface area contributed by atoms with Crippen LogP contribution < -0.4 is 0 Å². The van der Waals surface area contributed by atoms with Crippen LogP contribution in [0, 0.1) is 0 Å². The van der Waals surface area contributed by atoms with Crippen LogP contribution >= 0.6 is 0 Å². The molecule has 2 aromatic rings. The molecule has 0 fully saturated rings. The molecular weight excluding hydrogens is 198 g/mol. The zero-order valence-electron chi connectivity index (χ0n) is 9.22. The maximum Gasteiger partial charge on any atom is 0.113 e. The normalized spacial score (nSPS) is 11.7. The maximum absolute atomic E-state index is 4.13. The van der Waals surface area contributed by atoms with Crippen LogP contribution in [-0.4, -0.2) is 15.0 Å². The van der Waals surface area contributed by atoms with Crippen molar-refractivity contribution < 1.29 is 0 Å². The molecule has 0 aliphatic heterocycles. The van der Waals surface area contributed by atoms with Gasteiger partial charge in [-0.2, -0.15) is 0 Å². The summed E-state index contributed by atoms with van der Waals surface area (Å²) in [4.78, 5) is 0. The lowest BCUT2D eigenvalue weighted by Crippen LogP contribution is -2.00. The summed E-state index contributed by atoms with van der Waals surface area (Å²) < 4.78 is 1.78. The molecule has 0 aliphatic carbocycles. The molecule has 0 atom stereocenters. The lowest BCUT2D eigenvalue weighted by Gasteiger charge is -2.06. The van der Waals surface area contributed by atoms with Crippen molar-refractivity contribution in [3.63, 3.8) is 0 Å². The molecule has 0 unspecified atom stereocenters. The molecule has 16 heavy (non-hydrogen) atoms. The summed E-state index contributed by atoms with van der Waals surface area (Å²) in [5.41, 5.74) is 3.58. The molecule has 1 heterocycles. The molecule has 1 aromatic carbocycles. The highest BCUT2D eigenvalue weighted by Crippen LogP contribution is 2.19. The number of para-hydroxylation sites is 1. The Kier molecular flexibility index (Phi) is 2.68. The van der Waals surface area contributed by atoms with E-state index >= 15 is 0 Å². The van der Waals surface area contributed by atoms with Gasteiger partial charge in [-0.3, -0.25) is 0 Å². The number of hydrogen-bond acceptors (Lipinski definition) is 2. The fraction of sp³-hybridized carbons (Fsp3) is 0.0769. The summed E-state index contributed by atoms with van der Waals surface area (Å²) in [6.07, 6.45) is 3.66. The minimum Gasteiger partial charge on any atom is -0.213 e. The standard InChI is InChI=1S/C13H13N3/c1-4-10(3)12(5-2)16-13-9-7-6-8-11(13)14-15-16/h4-9H,1,3H2,2H3/b12-5+. The van der Waals surface area contributed by atoms with Crippen molar-refractivity contribution in [3.05, 3.63) is 55.1 Å². The van der Waals surface area contributed by atoms with Crippen LogP contribution in [0.5, 0.6) is 0 Å². The van der Waals surface area contributed by atoms with Gasteiger partial charge in [0.05, 0.1) is 11.2 Å². The molecule has 3 heteroatoms. The van der Waals surface area contributed by atoms with Crippen LogP contribution in [0.4, 0.5) is 0 Å². The van der Waals surface area contributed by atoms with Crippen molar-refractivity contribution in [2.24, 2.45) is 0 Å². The van der Waals surface area contributed by atoms with Gasteiger partial charge in [-0.1, -0.05) is 42.7 Å². The topological polar surface area (TPSA) is 30.7 Å². The number of aromatic nitrogens is 3. The van der Waals surface area contributed by atoms with Gasteiger partial charge in [0, 0.05) is 0 Å². The highest BCUT2D eigenvalue weighted by molar-refractivity contribution is 5.81. The van der Waals surface area contributed by atoms with Gasteiger partial charge in [0.2, 0.25) is 0 Å². The number of allylic oxidation sites excluding steroid dienone is 4. The Bertz CT molecular complexity index is 576. The minimum absolute atomic E-state index is 0.832. The second kappa shape index (κ2) is 4.14. The second-order valence-corrected chi connectivity index (χ2v) is 3.39. The highest BCUT2D eigenvalue weighted by Gasteiger charge is 2.08. The smallest absolute Gasteiger partial charge is 0.113 e. The molecule has 0 aliphatic rings. The quantitative estimate of drug-likeness (QED) is 0.730. The largest absolute Gasteiger partial charge is 0.213 e. The number of nitrogens with zero attached hydrogens (tertiary/aromatic N) is 3. The van der Waals surface area contributed by atoms with E-state index in [-0.39, 0.29) is 0 Å². The minimum atomic E-state index is 0.832. The van der Waals surface area contributed by atoms with Crippen LogP contribution in [-0.2, 0) is 0 Å². The molecule has 2 rings (SSSR count). The first-order chi connectivity index (χ1) is 7.77. The summed E-state index contributed by atoms with van der Waals surface area (Å²) in [5.74, 6) is 0. The van der Waals surface area contributed by atoms with E-state index in [1.54, 1.807) is 10.8 Å². The van der Waals surface area contributed by atoms with Crippen LogP contribution in [0.2, 0.25) is 0 Å². The summed E-state index contributed by atoms with van der Waals surface area (Å²) in [7, 11) is 0. The van der Waals surface area contributed by atoms with E-state index in [4.69, 9.17) is 0 Å². The summed E-state index contributed by atoms with van der Waals surface area (Å²) in [5, 5.41) is 8.23. The van der Waals surface area contributed by atoms with E-state index in [0.717, 1.165) is 22.3 Å². The van der Waals surface area contributed by atoms with Crippen LogP contribution in [0.3, 0.4) is 0 Å². The van der Waals surface area contributed by atoms with Crippen molar-refractivity contribution in [1.29, 1.82) is 0 Å². The Labute approximate surface area is 94.4 Å². The summed E-state index contributed by atoms with van der Waals surface area (Å²) in [6.45, 7) is 9.59. The first kappa shape index (κ1) is 10.4. The van der Waals surface area contributed by atoms with Crippen LogP contribution in [0.15, 0.2) is 55.1 Å². The van der Waals surface area contributed by atoms with E-state index in [2.05, 4.69) is 23.5 Å². The van der Waals surface area contributed by atoms with Gasteiger partial charge in [0.1, 0.15) is 5.52 Å². The third kappa shape index (κ3) is 1.56. The highest BCUT2D eigenvalue weighted by atomic mass is 15.4. The molecule has 0 bridgehead atoms. The van der Waals surface area contributed by atoms with E-state index < -0.39 is 0 Å². The molecule has 0 radical (unpaired) electrons. The summed E-state index contributed by atoms with van der Waals surface area (Å²) in [6, 6.07) is 7.82. The zero-order valence-corrected chi connectivity index (χ0v) is 9.22. The van der Waals surface area contributed by atoms with Crippen LogP contribution in [0.1, 0.15) is 6.92 Å². The number of rotatable bonds is 3. The summed E-state index contributed by atoms with van der Waals surface area (Å²) >= 11 is 0. The van der Waals surface area contributed by atoms with Crippen molar-refractivity contribution in [2.45, 2.75) is 6.92 Å². The van der Waals surface area contributed by atoms with Gasteiger partial charge >= 0.3 is 0 Å². The predicted molar refractivity (Wildman–Crippen MR) is 66.8 cm³/mol. The molecule has 0 saturated heterocycles. The van der Waals surface area contributed by atoms with Crippen molar-refractivity contribution in [2.75, 3.05) is 0 Å². The monoisotopic (exact) mass is 211 g/mol. The first-order valence-corrected chi connectivity index (χ1v) is 5.06. The lowest BCUT2D eigenvalue weighted by molar-refractivity contribution is 0.840. The molecule has 0 amide bonds. The first-order valence-electron chi connectivity index (χ1n) is 5.06. The Balaban J connectivity index is 2.63. The fourth-order valence-electron chi connectivity index (χ4n) is 1.60. The predicted octanol–water partition coefficient (Wildman–Crippen LogP) is 3.03. The average molecular weight is 211 g/mol. The SMILES string of the molecule is C=CC(=C)/C(=C\C)n1nnc2ccccc21. The molecular formula is C13H13N3. The van der Waals surface area contributed by atoms with E-state index in [9.17, 15) is 0 Å². The van der Waals surface area contributed by atoms with E-state index in [0.29, 0.717) is 0 Å². The van der Waals surface area contributed by atoms with Crippen molar-refractivity contribution in [3.8, 4) is 0 Å². The maximum atomic E-state index is 4.13. The number of hydrogen-bond donors (Lipinski definition) is 0.